The second kappa shape index (κ2) is 9.07. The van der Waals surface area contributed by atoms with Crippen molar-refractivity contribution in [3.05, 3.63) is 70.2 Å². The maximum absolute atomic E-state index is 12.4. The molecule has 0 aliphatic carbocycles. The maximum atomic E-state index is 12.4. The van der Waals surface area contributed by atoms with Gasteiger partial charge < -0.3 is 10.2 Å². The van der Waals surface area contributed by atoms with E-state index in [1.165, 1.54) is 0 Å². The first kappa shape index (κ1) is 19.5. The van der Waals surface area contributed by atoms with Crippen LogP contribution in [0.1, 0.15) is 18.4 Å². The summed E-state index contributed by atoms with van der Waals surface area (Å²) in [5.41, 5.74) is 1.61. The summed E-state index contributed by atoms with van der Waals surface area (Å²) in [5, 5.41) is 3.72. The van der Waals surface area contributed by atoms with Gasteiger partial charge in [-0.3, -0.25) is 9.59 Å². The van der Waals surface area contributed by atoms with E-state index in [0.29, 0.717) is 41.7 Å². The zero-order valence-corrected chi connectivity index (χ0v) is 16.2. The Bertz CT molecular complexity index is 845. The van der Waals surface area contributed by atoms with Crippen molar-refractivity contribution in [1.82, 2.24) is 4.90 Å². The molecular formula is C21H20Cl2N2O2. The normalized spacial score (nSPS) is 15.1. The van der Waals surface area contributed by atoms with Crippen LogP contribution in [-0.2, 0) is 9.59 Å². The van der Waals surface area contributed by atoms with Crippen molar-refractivity contribution >= 4 is 46.8 Å². The summed E-state index contributed by atoms with van der Waals surface area (Å²) >= 11 is 11.9. The number of benzene rings is 2. The molecule has 2 amide bonds. The zero-order valence-electron chi connectivity index (χ0n) is 14.7. The summed E-state index contributed by atoms with van der Waals surface area (Å²) in [6, 6.07) is 14.7. The summed E-state index contributed by atoms with van der Waals surface area (Å²) < 4.78 is 0. The molecule has 0 spiro atoms. The fourth-order valence-electron chi connectivity index (χ4n) is 3.02. The van der Waals surface area contributed by atoms with Crippen LogP contribution in [0.2, 0.25) is 10.0 Å². The van der Waals surface area contributed by atoms with Gasteiger partial charge in [0.15, 0.2) is 0 Å². The van der Waals surface area contributed by atoms with Crippen LogP contribution in [0.3, 0.4) is 0 Å². The summed E-state index contributed by atoms with van der Waals surface area (Å²) in [6.45, 7) is 1.13. The Kier molecular flexibility index (Phi) is 6.54. The zero-order chi connectivity index (χ0) is 19.2. The van der Waals surface area contributed by atoms with Gasteiger partial charge in [0.25, 0.3) is 0 Å². The first-order valence-electron chi connectivity index (χ1n) is 8.81. The van der Waals surface area contributed by atoms with E-state index >= 15 is 0 Å². The van der Waals surface area contributed by atoms with Crippen LogP contribution in [0.4, 0.5) is 5.69 Å². The molecule has 2 aromatic carbocycles. The Hall–Kier alpha value is -2.30. The standard InChI is InChI=1S/C21H20Cl2N2O2/c22-18-8-7-17(14-19(18)23)24-21(27)16-10-12-25(13-11-16)20(26)9-6-15-4-2-1-3-5-15/h1-9,14,16H,10-13H2,(H,24,27)/b9-6+. The monoisotopic (exact) mass is 402 g/mol. The smallest absolute Gasteiger partial charge is 0.246 e. The number of nitrogens with one attached hydrogen (secondary N) is 1. The van der Waals surface area contributed by atoms with Crippen LogP contribution in [0.5, 0.6) is 0 Å². The lowest BCUT2D eigenvalue weighted by Gasteiger charge is -2.30. The summed E-state index contributed by atoms with van der Waals surface area (Å²) in [6.07, 6.45) is 4.67. The van der Waals surface area contributed by atoms with Gasteiger partial charge in [0.05, 0.1) is 10.0 Å². The molecule has 1 N–H and O–H groups in total. The summed E-state index contributed by atoms with van der Waals surface area (Å²) in [5.74, 6) is -0.205. The maximum Gasteiger partial charge on any atom is 0.246 e. The molecule has 1 aliphatic rings. The quantitative estimate of drug-likeness (QED) is 0.740. The summed E-state index contributed by atoms with van der Waals surface area (Å²) in [4.78, 5) is 26.5. The van der Waals surface area contributed by atoms with Gasteiger partial charge in [0.2, 0.25) is 11.8 Å². The third-order valence-electron chi connectivity index (χ3n) is 4.58. The third-order valence-corrected chi connectivity index (χ3v) is 5.32. The largest absolute Gasteiger partial charge is 0.339 e. The van der Waals surface area contributed by atoms with Gasteiger partial charge in [-0.25, -0.2) is 0 Å². The number of hydrogen-bond donors (Lipinski definition) is 1. The van der Waals surface area contributed by atoms with Gasteiger partial charge >= 0.3 is 0 Å². The number of halogens is 2. The van der Waals surface area contributed by atoms with Gasteiger partial charge in [0, 0.05) is 30.8 Å². The van der Waals surface area contributed by atoms with Crippen LogP contribution < -0.4 is 5.32 Å². The van der Waals surface area contributed by atoms with E-state index in [0.717, 1.165) is 5.56 Å². The van der Waals surface area contributed by atoms with Gasteiger partial charge in [0.1, 0.15) is 0 Å². The van der Waals surface area contributed by atoms with Gasteiger partial charge in [-0.15, -0.1) is 0 Å². The van der Waals surface area contributed by atoms with Crippen molar-refractivity contribution in [2.75, 3.05) is 18.4 Å². The van der Waals surface area contributed by atoms with Crippen LogP contribution in [-0.4, -0.2) is 29.8 Å². The molecule has 0 aromatic heterocycles. The van der Waals surface area contributed by atoms with E-state index in [2.05, 4.69) is 5.32 Å². The molecule has 1 heterocycles. The molecule has 0 saturated carbocycles. The lowest BCUT2D eigenvalue weighted by atomic mass is 9.95. The van der Waals surface area contributed by atoms with Crippen molar-refractivity contribution in [2.24, 2.45) is 5.92 Å². The second-order valence-corrected chi connectivity index (χ2v) is 7.28. The Morgan fingerprint density at radius 2 is 1.70 bits per heavy atom. The number of hydrogen-bond acceptors (Lipinski definition) is 2. The molecule has 0 bridgehead atoms. The Morgan fingerprint density at radius 1 is 1.00 bits per heavy atom. The highest BCUT2D eigenvalue weighted by atomic mass is 35.5. The Morgan fingerprint density at radius 3 is 2.37 bits per heavy atom. The molecule has 3 rings (SSSR count). The van der Waals surface area contributed by atoms with Crippen LogP contribution in [0.25, 0.3) is 6.08 Å². The summed E-state index contributed by atoms with van der Waals surface area (Å²) in [7, 11) is 0. The van der Waals surface area contributed by atoms with Gasteiger partial charge in [-0.05, 0) is 42.7 Å². The predicted octanol–water partition coefficient (Wildman–Crippen LogP) is 4.88. The highest BCUT2D eigenvalue weighted by Gasteiger charge is 2.26. The highest BCUT2D eigenvalue weighted by molar-refractivity contribution is 6.42. The first-order chi connectivity index (χ1) is 13.0. The molecule has 0 atom stereocenters. The molecule has 140 valence electrons. The Labute approximate surface area is 168 Å². The van der Waals surface area contributed by atoms with Crippen molar-refractivity contribution in [3.8, 4) is 0 Å². The van der Waals surface area contributed by atoms with E-state index in [4.69, 9.17) is 23.2 Å². The number of rotatable bonds is 4. The Balaban J connectivity index is 1.50. The molecule has 1 saturated heterocycles. The average molecular weight is 403 g/mol. The number of anilines is 1. The van der Waals surface area contributed by atoms with E-state index in [1.807, 2.05) is 36.4 Å². The lowest BCUT2D eigenvalue weighted by Crippen LogP contribution is -2.40. The third kappa shape index (κ3) is 5.34. The molecule has 1 fully saturated rings. The lowest BCUT2D eigenvalue weighted by molar-refractivity contribution is -0.130. The van der Waals surface area contributed by atoms with Gasteiger partial charge in [-0.2, -0.15) is 0 Å². The van der Waals surface area contributed by atoms with E-state index in [1.54, 1.807) is 29.2 Å². The number of nitrogens with zero attached hydrogens (tertiary/aromatic N) is 1. The fourth-order valence-corrected chi connectivity index (χ4v) is 3.32. The molecule has 1 aliphatic heterocycles. The fraction of sp³-hybridized carbons (Fsp3) is 0.238. The molecule has 6 heteroatoms. The molecule has 4 nitrogen and oxygen atoms in total. The molecule has 0 radical (unpaired) electrons. The van der Waals surface area contributed by atoms with Gasteiger partial charge in [-0.1, -0.05) is 53.5 Å². The van der Waals surface area contributed by atoms with E-state index in [9.17, 15) is 9.59 Å². The second-order valence-electron chi connectivity index (χ2n) is 6.46. The minimum Gasteiger partial charge on any atom is -0.339 e. The number of carbonyl (C=O) groups is 2. The van der Waals surface area contributed by atoms with E-state index < -0.39 is 0 Å². The number of carbonyl (C=O) groups excluding carboxylic acids is 2. The number of amides is 2. The number of piperidine rings is 1. The van der Waals surface area contributed by atoms with Crippen molar-refractivity contribution in [2.45, 2.75) is 12.8 Å². The minimum atomic E-state index is -0.124. The van der Waals surface area contributed by atoms with Crippen LogP contribution >= 0.6 is 23.2 Å². The van der Waals surface area contributed by atoms with Crippen molar-refractivity contribution < 1.29 is 9.59 Å². The number of likely N-dealkylation sites (tertiary alicyclic amines) is 1. The SMILES string of the molecule is O=C(Nc1ccc(Cl)c(Cl)c1)C1CCN(C(=O)/C=C/c2ccccc2)CC1. The molecule has 0 unspecified atom stereocenters. The first-order valence-corrected chi connectivity index (χ1v) is 9.56. The average Bonchev–Trinajstić information content (AvgIpc) is 2.70. The van der Waals surface area contributed by atoms with Crippen LogP contribution in [0, 0.1) is 5.92 Å². The topological polar surface area (TPSA) is 49.4 Å². The molecule has 2 aromatic rings. The highest BCUT2D eigenvalue weighted by Crippen LogP contribution is 2.26. The molecular weight excluding hydrogens is 383 g/mol. The predicted molar refractivity (Wildman–Crippen MR) is 110 cm³/mol. The van der Waals surface area contributed by atoms with Crippen molar-refractivity contribution in [1.29, 1.82) is 0 Å². The van der Waals surface area contributed by atoms with Crippen LogP contribution in [0.15, 0.2) is 54.6 Å². The minimum absolute atomic E-state index is 0.0257. The van der Waals surface area contributed by atoms with Crippen molar-refractivity contribution in [3.63, 3.8) is 0 Å². The van der Waals surface area contributed by atoms with E-state index in [-0.39, 0.29) is 17.7 Å². The molecule has 27 heavy (non-hydrogen) atoms.